The summed E-state index contributed by atoms with van der Waals surface area (Å²) in [7, 11) is 0. The van der Waals surface area contributed by atoms with E-state index in [0.717, 1.165) is 12.8 Å². The molecular weight excluding hydrogens is 322 g/mol. The Morgan fingerprint density at radius 2 is 1.77 bits per heavy atom. The molecule has 1 fully saturated rings. The molecule has 2 aliphatic carbocycles. The maximum Gasteiger partial charge on any atom is 0.210 e. The topological polar surface area (TPSA) is 49.7 Å². The first-order chi connectivity index (χ1) is 12.5. The minimum Gasteiger partial charge on any atom is -0.411 e. The molecule has 0 radical (unpaired) electrons. The highest BCUT2D eigenvalue weighted by molar-refractivity contribution is 6.46. The minimum atomic E-state index is -0.144. The van der Waals surface area contributed by atoms with Gasteiger partial charge in [0.2, 0.25) is 5.78 Å². The highest BCUT2D eigenvalue weighted by atomic mass is 16.4. The van der Waals surface area contributed by atoms with Crippen molar-refractivity contribution in [2.75, 3.05) is 0 Å². The standard InChI is InChI=1S/C23H25NO2/c1-23(2)19-10-6-5-9-17(19)18-12-11-16(14-20(18)23)22(25)21(24-26)13-15-7-3-4-8-15/h5-6,9-12,14-15,26H,3-4,7-8,13H2,1-2H3. The summed E-state index contributed by atoms with van der Waals surface area (Å²) in [6.45, 7) is 4.40. The largest absolute Gasteiger partial charge is 0.411 e. The van der Waals surface area contributed by atoms with E-state index in [4.69, 9.17) is 0 Å². The fourth-order valence-electron chi connectivity index (χ4n) is 4.68. The van der Waals surface area contributed by atoms with E-state index in [-0.39, 0.29) is 11.2 Å². The summed E-state index contributed by atoms with van der Waals surface area (Å²) in [6.07, 6.45) is 5.25. The molecule has 26 heavy (non-hydrogen) atoms. The molecule has 0 heterocycles. The van der Waals surface area contributed by atoms with E-state index >= 15 is 0 Å². The molecule has 1 saturated carbocycles. The van der Waals surface area contributed by atoms with Crippen LogP contribution in [0.4, 0.5) is 0 Å². The maximum absolute atomic E-state index is 13.0. The second-order valence-corrected chi connectivity index (χ2v) is 8.16. The van der Waals surface area contributed by atoms with Crippen molar-refractivity contribution >= 4 is 11.5 Å². The van der Waals surface area contributed by atoms with Crippen molar-refractivity contribution < 1.29 is 10.0 Å². The van der Waals surface area contributed by atoms with E-state index < -0.39 is 0 Å². The van der Waals surface area contributed by atoms with Crippen LogP contribution in [0.25, 0.3) is 11.1 Å². The number of carbonyl (C=O) groups is 1. The molecule has 3 nitrogen and oxygen atoms in total. The molecule has 0 atom stereocenters. The molecule has 134 valence electrons. The van der Waals surface area contributed by atoms with Gasteiger partial charge in [0.05, 0.1) is 0 Å². The van der Waals surface area contributed by atoms with Crippen LogP contribution in [0.15, 0.2) is 47.6 Å². The molecule has 0 aromatic heterocycles. The van der Waals surface area contributed by atoms with Gasteiger partial charge < -0.3 is 5.21 Å². The molecule has 0 spiro atoms. The highest BCUT2D eigenvalue weighted by Gasteiger charge is 2.35. The minimum absolute atomic E-state index is 0.135. The van der Waals surface area contributed by atoms with Crippen molar-refractivity contribution in [1.29, 1.82) is 0 Å². The lowest BCUT2D eigenvalue weighted by Gasteiger charge is -2.21. The Balaban J connectivity index is 1.67. The molecule has 1 N–H and O–H groups in total. The Morgan fingerprint density at radius 3 is 2.50 bits per heavy atom. The summed E-state index contributed by atoms with van der Waals surface area (Å²) < 4.78 is 0. The van der Waals surface area contributed by atoms with Gasteiger partial charge in [0.25, 0.3) is 0 Å². The molecular formula is C23H25NO2. The van der Waals surface area contributed by atoms with E-state index in [9.17, 15) is 10.0 Å². The fourth-order valence-corrected chi connectivity index (χ4v) is 4.68. The third kappa shape index (κ3) is 2.66. The summed E-state index contributed by atoms with van der Waals surface area (Å²) in [5.74, 6) is 0.328. The number of fused-ring (bicyclic) bond motifs is 3. The van der Waals surface area contributed by atoms with E-state index in [1.54, 1.807) is 0 Å². The molecule has 0 aliphatic heterocycles. The zero-order valence-corrected chi connectivity index (χ0v) is 15.5. The monoisotopic (exact) mass is 347 g/mol. The van der Waals surface area contributed by atoms with Gasteiger partial charge in [-0.15, -0.1) is 0 Å². The van der Waals surface area contributed by atoms with E-state index in [0.29, 0.717) is 23.6 Å². The second kappa shape index (κ2) is 6.39. The van der Waals surface area contributed by atoms with Crippen molar-refractivity contribution in [2.45, 2.75) is 51.4 Å². The van der Waals surface area contributed by atoms with Crippen LogP contribution in [0.5, 0.6) is 0 Å². The van der Waals surface area contributed by atoms with Crippen molar-refractivity contribution in [2.24, 2.45) is 11.1 Å². The number of hydrogen-bond acceptors (Lipinski definition) is 3. The smallest absolute Gasteiger partial charge is 0.210 e. The first-order valence-electron chi connectivity index (χ1n) is 9.52. The van der Waals surface area contributed by atoms with Crippen LogP contribution in [-0.4, -0.2) is 16.7 Å². The van der Waals surface area contributed by atoms with Gasteiger partial charge in [0.15, 0.2) is 0 Å². The third-order valence-electron chi connectivity index (χ3n) is 6.19. The predicted octanol–water partition coefficient (Wildman–Crippen LogP) is 5.59. The number of rotatable bonds is 4. The predicted molar refractivity (Wildman–Crippen MR) is 104 cm³/mol. The second-order valence-electron chi connectivity index (χ2n) is 8.16. The van der Waals surface area contributed by atoms with Crippen LogP contribution in [0, 0.1) is 5.92 Å². The van der Waals surface area contributed by atoms with Gasteiger partial charge in [-0.3, -0.25) is 4.79 Å². The lowest BCUT2D eigenvalue weighted by molar-refractivity contribution is 0.105. The number of carbonyl (C=O) groups excluding carboxylic acids is 1. The van der Waals surface area contributed by atoms with Crippen molar-refractivity contribution in [1.82, 2.24) is 0 Å². The Kier molecular flexibility index (Phi) is 4.18. The van der Waals surface area contributed by atoms with Crippen molar-refractivity contribution in [3.8, 4) is 11.1 Å². The van der Waals surface area contributed by atoms with Crippen LogP contribution >= 0.6 is 0 Å². The van der Waals surface area contributed by atoms with Crippen LogP contribution in [0.1, 0.15) is 67.4 Å². The van der Waals surface area contributed by atoms with Crippen LogP contribution < -0.4 is 0 Å². The average Bonchev–Trinajstić information content (AvgIpc) is 3.25. The van der Waals surface area contributed by atoms with Gasteiger partial charge >= 0.3 is 0 Å². The van der Waals surface area contributed by atoms with Gasteiger partial charge in [-0.1, -0.05) is 81.1 Å². The molecule has 3 heteroatoms. The van der Waals surface area contributed by atoms with Gasteiger partial charge in [0, 0.05) is 11.0 Å². The number of nitrogens with zero attached hydrogens (tertiary/aromatic N) is 1. The van der Waals surface area contributed by atoms with Crippen LogP contribution in [0.2, 0.25) is 0 Å². The molecule has 2 aromatic carbocycles. The normalized spacial score (nSPS) is 18.6. The quantitative estimate of drug-likeness (QED) is 0.339. The Morgan fingerprint density at radius 1 is 1.08 bits per heavy atom. The summed E-state index contributed by atoms with van der Waals surface area (Å²) >= 11 is 0. The molecule has 0 bridgehead atoms. The highest BCUT2D eigenvalue weighted by Crippen LogP contribution is 2.48. The lowest BCUT2D eigenvalue weighted by Crippen LogP contribution is -2.20. The van der Waals surface area contributed by atoms with Crippen LogP contribution in [0.3, 0.4) is 0 Å². The number of hydrogen-bond donors (Lipinski definition) is 1. The average molecular weight is 347 g/mol. The van der Waals surface area contributed by atoms with Gasteiger partial charge in [-0.25, -0.2) is 0 Å². The zero-order chi connectivity index (χ0) is 18.3. The number of benzene rings is 2. The van der Waals surface area contributed by atoms with E-state index in [2.05, 4.69) is 43.3 Å². The Labute approximate surface area is 154 Å². The van der Waals surface area contributed by atoms with E-state index in [1.807, 2.05) is 18.2 Å². The lowest BCUT2D eigenvalue weighted by atomic mass is 9.81. The number of oxime groups is 1. The van der Waals surface area contributed by atoms with Crippen LogP contribution in [-0.2, 0) is 5.41 Å². The van der Waals surface area contributed by atoms with Gasteiger partial charge in [-0.05, 0) is 40.7 Å². The van der Waals surface area contributed by atoms with Gasteiger partial charge in [0.1, 0.15) is 5.71 Å². The maximum atomic E-state index is 13.0. The first-order valence-corrected chi connectivity index (χ1v) is 9.52. The van der Waals surface area contributed by atoms with Crippen molar-refractivity contribution in [3.63, 3.8) is 0 Å². The molecule has 2 aromatic rings. The number of Topliss-reactive ketones (excluding diaryl/α,β-unsaturated/α-hetero) is 1. The molecule has 0 unspecified atom stereocenters. The third-order valence-corrected chi connectivity index (χ3v) is 6.19. The molecule has 4 rings (SSSR count). The molecule has 0 amide bonds. The van der Waals surface area contributed by atoms with Crippen molar-refractivity contribution in [3.05, 3.63) is 59.2 Å². The zero-order valence-electron chi connectivity index (χ0n) is 15.5. The van der Waals surface area contributed by atoms with E-state index in [1.165, 1.54) is 35.1 Å². The molecule has 2 aliphatic rings. The summed E-state index contributed by atoms with van der Waals surface area (Å²) in [4.78, 5) is 13.0. The summed E-state index contributed by atoms with van der Waals surface area (Å²) in [5.41, 5.74) is 5.68. The summed E-state index contributed by atoms with van der Waals surface area (Å²) in [6, 6.07) is 14.3. The SMILES string of the molecule is CC1(C)c2ccccc2-c2ccc(C(=O)C(CC3CCCC3)=NO)cc21. The Bertz CT molecular complexity index is 889. The Hall–Kier alpha value is -2.42. The summed E-state index contributed by atoms with van der Waals surface area (Å²) in [5, 5.41) is 12.8. The van der Waals surface area contributed by atoms with Gasteiger partial charge in [-0.2, -0.15) is 0 Å². The molecule has 0 saturated heterocycles. The first kappa shape index (κ1) is 17.0. The number of ketones is 1. The fraction of sp³-hybridized carbons (Fsp3) is 0.391.